The average molecular weight is 253 g/mol. The second kappa shape index (κ2) is 4.28. The van der Waals surface area contributed by atoms with E-state index in [2.05, 4.69) is 0 Å². The number of thiophene rings is 1. The van der Waals surface area contributed by atoms with Gasteiger partial charge in [0.1, 0.15) is 0 Å². The first-order valence-electron chi connectivity index (χ1n) is 4.67. The minimum absolute atomic E-state index is 0.248. The summed E-state index contributed by atoms with van der Waals surface area (Å²) in [5.74, 6) is -0.953. The molecule has 4 heteroatoms. The Morgan fingerprint density at radius 1 is 1.38 bits per heavy atom. The number of aryl methyl sites for hydroxylation is 1. The molecule has 0 saturated carbocycles. The molecule has 0 radical (unpaired) electrons. The van der Waals surface area contributed by atoms with Gasteiger partial charge in [-0.1, -0.05) is 17.7 Å². The number of aromatic carboxylic acids is 1. The monoisotopic (exact) mass is 252 g/mol. The van der Waals surface area contributed by atoms with Crippen molar-refractivity contribution in [1.29, 1.82) is 0 Å². The first kappa shape index (κ1) is 11.2. The summed E-state index contributed by atoms with van der Waals surface area (Å²) in [4.78, 5) is 12.1. The predicted octanol–water partition coefficient (Wildman–Crippen LogP) is 4.08. The molecule has 0 amide bonds. The highest BCUT2D eigenvalue weighted by Crippen LogP contribution is 2.33. The first-order chi connectivity index (χ1) is 7.59. The van der Waals surface area contributed by atoms with Crippen LogP contribution in [0.4, 0.5) is 0 Å². The third-order valence-electron chi connectivity index (χ3n) is 2.32. The molecule has 1 aromatic heterocycles. The summed E-state index contributed by atoms with van der Waals surface area (Å²) in [5, 5.41) is 11.5. The molecule has 2 aromatic rings. The van der Waals surface area contributed by atoms with Gasteiger partial charge in [0, 0.05) is 15.5 Å². The number of carboxylic acid groups (broad SMARTS) is 1. The Morgan fingerprint density at radius 2 is 2.12 bits per heavy atom. The minimum Gasteiger partial charge on any atom is -0.478 e. The zero-order valence-electron chi connectivity index (χ0n) is 8.53. The molecule has 1 heterocycles. The van der Waals surface area contributed by atoms with Crippen LogP contribution in [0.5, 0.6) is 0 Å². The van der Waals surface area contributed by atoms with E-state index in [0.29, 0.717) is 5.02 Å². The lowest BCUT2D eigenvalue weighted by molar-refractivity contribution is 0.0698. The molecule has 0 fully saturated rings. The van der Waals surface area contributed by atoms with E-state index in [1.807, 2.05) is 18.4 Å². The number of hydrogen-bond donors (Lipinski definition) is 1. The van der Waals surface area contributed by atoms with Crippen LogP contribution in [0.3, 0.4) is 0 Å². The van der Waals surface area contributed by atoms with Crippen molar-refractivity contribution >= 4 is 28.9 Å². The van der Waals surface area contributed by atoms with Crippen molar-refractivity contribution in [3.05, 3.63) is 45.8 Å². The van der Waals surface area contributed by atoms with E-state index in [4.69, 9.17) is 16.7 Å². The molecule has 0 saturated heterocycles. The van der Waals surface area contributed by atoms with Gasteiger partial charge in [0.25, 0.3) is 0 Å². The van der Waals surface area contributed by atoms with Crippen LogP contribution in [0, 0.1) is 6.92 Å². The number of carbonyl (C=O) groups is 1. The van der Waals surface area contributed by atoms with Crippen LogP contribution in [0.15, 0.2) is 29.6 Å². The summed E-state index contributed by atoms with van der Waals surface area (Å²) in [6, 6.07) is 6.92. The zero-order chi connectivity index (χ0) is 11.7. The Labute approximate surface area is 102 Å². The van der Waals surface area contributed by atoms with Crippen LogP contribution in [-0.2, 0) is 0 Å². The van der Waals surface area contributed by atoms with Gasteiger partial charge in [-0.15, -0.1) is 11.3 Å². The number of benzene rings is 1. The first-order valence-corrected chi connectivity index (χ1v) is 5.92. The number of halogens is 1. The lowest BCUT2D eigenvalue weighted by Gasteiger charge is -2.05. The Hall–Kier alpha value is -1.32. The fourth-order valence-corrected chi connectivity index (χ4v) is 2.68. The van der Waals surface area contributed by atoms with Gasteiger partial charge in [-0.3, -0.25) is 0 Å². The van der Waals surface area contributed by atoms with Crippen LogP contribution < -0.4 is 0 Å². The van der Waals surface area contributed by atoms with E-state index in [0.717, 1.165) is 16.0 Å². The standard InChI is InChI=1S/C12H9ClO2S/c1-7-4-5-16-11(7)9-3-2-8(13)6-10(9)12(14)15/h2-6H,1H3,(H,14,15). The van der Waals surface area contributed by atoms with Crippen molar-refractivity contribution in [2.24, 2.45) is 0 Å². The van der Waals surface area contributed by atoms with E-state index >= 15 is 0 Å². The van der Waals surface area contributed by atoms with Crippen molar-refractivity contribution in [3.63, 3.8) is 0 Å². The lowest BCUT2D eigenvalue weighted by Crippen LogP contribution is -1.99. The van der Waals surface area contributed by atoms with Gasteiger partial charge in [-0.25, -0.2) is 4.79 Å². The molecule has 0 unspecified atom stereocenters. The van der Waals surface area contributed by atoms with Crippen LogP contribution >= 0.6 is 22.9 Å². The molecule has 0 spiro atoms. The smallest absolute Gasteiger partial charge is 0.336 e. The summed E-state index contributed by atoms with van der Waals surface area (Å²) < 4.78 is 0. The van der Waals surface area contributed by atoms with Gasteiger partial charge in [0.05, 0.1) is 5.56 Å². The molecule has 1 aromatic carbocycles. The van der Waals surface area contributed by atoms with Crippen LogP contribution in [0.2, 0.25) is 5.02 Å². The largest absolute Gasteiger partial charge is 0.478 e. The second-order valence-electron chi connectivity index (χ2n) is 3.43. The van der Waals surface area contributed by atoms with E-state index in [1.165, 1.54) is 17.4 Å². The molecular formula is C12H9ClO2S. The molecule has 16 heavy (non-hydrogen) atoms. The molecule has 82 valence electrons. The second-order valence-corrected chi connectivity index (χ2v) is 4.78. The lowest BCUT2D eigenvalue weighted by atomic mass is 10.0. The van der Waals surface area contributed by atoms with Crippen LogP contribution in [0.25, 0.3) is 10.4 Å². The molecule has 2 rings (SSSR count). The molecule has 0 atom stereocenters. The van der Waals surface area contributed by atoms with E-state index in [-0.39, 0.29) is 5.56 Å². The van der Waals surface area contributed by atoms with Gasteiger partial charge >= 0.3 is 5.97 Å². The molecule has 0 aliphatic heterocycles. The number of hydrogen-bond acceptors (Lipinski definition) is 2. The van der Waals surface area contributed by atoms with Crippen molar-refractivity contribution < 1.29 is 9.90 Å². The van der Waals surface area contributed by atoms with E-state index in [1.54, 1.807) is 12.1 Å². The Balaban J connectivity index is 2.65. The molecule has 0 aliphatic carbocycles. The van der Waals surface area contributed by atoms with Crippen LogP contribution in [0.1, 0.15) is 15.9 Å². The van der Waals surface area contributed by atoms with Gasteiger partial charge in [-0.05, 0) is 36.1 Å². The summed E-state index contributed by atoms with van der Waals surface area (Å²) in [7, 11) is 0. The summed E-state index contributed by atoms with van der Waals surface area (Å²) in [5.41, 5.74) is 2.05. The highest BCUT2D eigenvalue weighted by molar-refractivity contribution is 7.13. The Kier molecular flexibility index (Phi) is 2.99. The summed E-state index contributed by atoms with van der Waals surface area (Å²) >= 11 is 7.34. The Bertz CT molecular complexity index is 546. The zero-order valence-corrected chi connectivity index (χ0v) is 10.1. The third kappa shape index (κ3) is 1.96. The van der Waals surface area contributed by atoms with Gasteiger partial charge < -0.3 is 5.11 Å². The van der Waals surface area contributed by atoms with Crippen molar-refractivity contribution in [1.82, 2.24) is 0 Å². The molecule has 0 bridgehead atoms. The van der Waals surface area contributed by atoms with Crippen molar-refractivity contribution in [2.45, 2.75) is 6.92 Å². The normalized spacial score (nSPS) is 10.4. The molecule has 2 nitrogen and oxygen atoms in total. The molecule has 0 aliphatic rings. The highest BCUT2D eigenvalue weighted by Gasteiger charge is 2.14. The summed E-state index contributed by atoms with van der Waals surface area (Å²) in [6.07, 6.45) is 0. The SMILES string of the molecule is Cc1ccsc1-c1ccc(Cl)cc1C(=O)O. The fourth-order valence-electron chi connectivity index (χ4n) is 1.54. The fraction of sp³-hybridized carbons (Fsp3) is 0.0833. The van der Waals surface area contributed by atoms with Gasteiger partial charge in [0.15, 0.2) is 0 Å². The maximum Gasteiger partial charge on any atom is 0.336 e. The van der Waals surface area contributed by atoms with Gasteiger partial charge in [-0.2, -0.15) is 0 Å². The van der Waals surface area contributed by atoms with Gasteiger partial charge in [0.2, 0.25) is 0 Å². The summed E-state index contributed by atoms with van der Waals surface area (Å²) in [6.45, 7) is 1.96. The Morgan fingerprint density at radius 3 is 2.69 bits per heavy atom. The highest BCUT2D eigenvalue weighted by atomic mass is 35.5. The molecular weight excluding hydrogens is 244 g/mol. The quantitative estimate of drug-likeness (QED) is 0.875. The van der Waals surface area contributed by atoms with Crippen molar-refractivity contribution in [2.75, 3.05) is 0 Å². The van der Waals surface area contributed by atoms with E-state index < -0.39 is 5.97 Å². The minimum atomic E-state index is -0.953. The van der Waals surface area contributed by atoms with Crippen LogP contribution in [-0.4, -0.2) is 11.1 Å². The maximum absolute atomic E-state index is 11.1. The average Bonchev–Trinajstić information content (AvgIpc) is 2.64. The third-order valence-corrected chi connectivity index (χ3v) is 3.60. The number of carboxylic acids is 1. The van der Waals surface area contributed by atoms with Crippen molar-refractivity contribution in [3.8, 4) is 10.4 Å². The maximum atomic E-state index is 11.1. The topological polar surface area (TPSA) is 37.3 Å². The van der Waals surface area contributed by atoms with E-state index in [9.17, 15) is 4.79 Å². The predicted molar refractivity (Wildman–Crippen MR) is 66.5 cm³/mol. The molecule has 1 N–H and O–H groups in total. The number of rotatable bonds is 2.